The van der Waals surface area contributed by atoms with E-state index in [0.29, 0.717) is 12.5 Å². The van der Waals surface area contributed by atoms with Crippen LogP contribution in [0.5, 0.6) is 0 Å². The number of rotatable bonds is 7. The SMILES string of the molecule is CN=C(NCC1(c2ccc(F)cc2)CCOCC1)N1CCC(COCc2ccccc2)C1.I. The van der Waals surface area contributed by atoms with Crippen LogP contribution in [0.2, 0.25) is 0 Å². The van der Waals surface area contributed by atoms with Crippen LogP contribution in [0.25, 0.3) is 0 Å². The van der Waals surface area contributed by atoms with Crippen molar-refractivity contribution >= 4 is 29.9 Å². The Kier molecular flexibility index (Phi) is 9.94. The van der Waals surface area contributed by atoms with Gasteiger partial charge in [0, 0.05) is 51.2 Å². The van der Waals surface area contributed by atoms with Crippen LogP contribution in [-0.2, 0) is 21.5 Å². The molecular weight excluding hydrogens is 532 g/mol. The fourth-order valence-corrected chi connectivity index (χ4v) is 4.79. The first-order chi connectivity index (χ1) is 15.7. The monoisotopic (exact) mass is 567 g/mol. The standard InChI is InChI=1S/C26H34FN3O2.HI/c1-28-25(30-14-11-22(17-30)19-32-18-21-5-3-2-4-6-21)29-20-26(12-15-31-16-13-26)23-7-9-24(27)10-8-23;/h2-10,22H,11-20H2,1H3,(H,28,29);1H. The van der Waals surface area contributed by atoms with Crippen LogP contribution in [0.3, 0.4) is 0 Å². The molecule has 0 spiro atoms. The summed E-state index contributed by atoms with van der Waals surface area (Å²) in [5, 5.41) is 3.62. The van der Waals surface area contributed by atoms with Crippen molar-refractivity contribution in [2.45, 2.75) is 31.3 Å². The highest BCUT2D eigenvalue weighted by Crippen LogP contribution is 2.34. The number of hydrogen-bond donors (Lipinski definition) is 1. The Hall–Kier alpha value is -1.71. The average Bonchev–Trinajstić information content (AvgIpc) is 3.30. The zero-order chi connectivity index (χ0) is 22.2. The molecule has 0 bridgehead atoms. The predicted octanol–water partition coefficient (Wildman–Crippen LogP) is 4.61. The predicted molar refractivity (Wildman–Crippen MR) is 141 cm³/mol. The zero-order valence-electron chi connectivity index (χ0n) is 19.3. The van der Waals surface area contributed by atoms with E-state index < -0.39 is 0 Å². The third-order valence-corrected chi connectivity index (χ3v) is 6.75. The number of nitrogens with one attached hydrogen (secondary N) is 1. The van der Waals surface area contributed by atoms with E-state index in [2.05, 4.69) is 27.3 Å². The second kappa shape index (κ2) is 12.7. The highest BCUT2D eigenvalue weighted by molar-refractivity contribution is 14.0. The van der Waals surface area contributed by atoms with E-state index in [-0.39, 0.29) is 35.2 Å². The molecule has 1 unspecified atom stereocenters. The highest BCUT2D eigenvalue weighted by Gasteiger charge is 2.35. The van der Waals surface area contributed by atoms with Crippen molar-refractivity contribution in [3.63, 3.8) is 0 Å². The third kappa shape index (κ3) is 6.90. The lowest BCUT2D eigenvalue weighted by molar-refractivity contribution is 0.0511. The van der Waals surface area contributed by atoms with Crippen molar-refractivity contribution in [1.82, 2.24) is 10.2 Å². The van der Waals surface area contributed by atoms with Gasteiger partial charge in [-0.1, -0.05) is 42.5 Å². The average molecular weight is 567 g/mol. The number of benzene rings is 2. The Morgan fingerprint density at radius 3 is 2.58 bits per heavy atom. The molecule has 1 atom stereocenters. The third-order valence-electron chi connectivity index (χ3n) is 6.75. The summed E-state index contributed by atoms with van der Waals surface area (Å²) in [6, 6.07) is 17.3. The van der Waals surface area contributed by atoms with Gasteiger partial charge in [-0.15, -0.1) is 24.0 Å². The van der Waals surface area contributed by atoms with E-state index in [1.807, 2.05) is 37.4 Å². The molecular formula is C26H35FIN3O2. The molecule has 2 saturated heterocycles. The van der Waals surface area contributed by atoms with Gasteiger partial charge >= 0.3 is 0 Å². The molecule has 0 saturated carbocycles. The summed E-state index contributed by atoms with van der Waals surface area (Å²) in [7, 11) is 1.84. The molecule has 2 aliphatic heterocycles. The lowest BCUT2D eigenvalue weighted by atomic mass is 9.74. The minimum atomic E-state index is -0.197. The van der Waals surface area contributed by atoms with Gasteiger partial charge in [0.2, 0.25) is 0 Å². The van der Waals surface area contributed by atoms with Crippen LogP contribution < -0.4 is 5.32 Å². The first-order valence-electron chi connectivity index (χ1n) is 11.6. The molecule has 2 aliphatic rings. The molecule has 2 fully saturated rings. The quantitative estimate of drug-likeness (QED) is 0.302. The van der Waals surface area contributed by atoms with Gasteiger partial charge in [-0.2, -0.15) is 0 Å². The van der Waals surface area contributed by atoms with Crippen molar-refractivity contribution in [2.75, 3.05) is 46.5 Å². The summed E-state index contributed by atoms with van der Waals surface area (Å²) >= 11 is 0. The molecule has 7 heteroatoms. The molecule has 0 radical (unpaired) electrons. The topological polar surface area (TPSA) is 46.1 Å². The summed E-state index contributed by atoms with van der Waals surface area (Å²) in [6.45, 7) is 5.56. The largest absolute Gasteiger partial charge is 0.381 e. The van der Waals surface area contributed by atoms with Crippen LogP contribution >= 0.6 is 24.0 Å². The summed E-state index contributed by atoms with van der Waals surface area (Å²) in [6.07, 6.45) is 2.93. The molecule has 5 nitrogen and oxygen atoms in total. The molecule has 1 N–H and O–H groups in total. The van der Waals surface area contributed by atoms with Crippen molar-refractivity contribution in [1.29, 1.82) is 0 Å². The summed E-state index contributed by atoms with van der Waals surface area (Å²) in [4.78, 5) is 6.88. The Bertz CT molecular complexity index is 873. The molecule has 0 aliphatic carbocycles. The first-order valence-corrected chi connectivity index (χ1v) is 11.6. The van der Waals surface area contributed by atoms with Gasteiger partial charge < -0.3 is 19.7 Å². The number of halogens is 2. The van der Waals surface area contributed by atoms with E-state index in [4.69, 9.17) is 9.47 Å². The normalized spacial score (nSPS) is 20.4. The van der Waals surface area contributed by atoms with Crippen molar-refractivity contribution in [3.05, 3.63) is 71.5 Å². The van der Waals surface area contributed by atoms with Crippen molar-refractivity contribution < 1.29 is 13.9 Å². The molecule has 4 rings (SSSR count). The second-order valence-electron chi connectivity index (χ2n) is 8.90. The first kappa shape index (κ1) is 25.9. The molecule has 180 valence electrons. The van der Waals surface area contributed by atoms with Gasteiger partial charge in [-0.25, -0.2) is 4.39 Å². The Morgan fingerprint density at radius 2 is 1.88 bits per heavy atom. The Morgan fingerprint density at radius 1 is 1.15 bits per heavy atom. The lowest BCUT2D eigenvalue weighted by Crippen LogP contribution is -2.49. The van der Waals surface area contributed by atoms with Crippen molar-refractivity contribution in [3.8, 4) is 0 Å². The van der Waals surface area contributed by atoms with Gasteiger partial charge in [0.25, 0.3) is 0 Å². The fourth-order valence-electron chi connectivity index (χ4n) is 4.79. The maximum Gasteiger partial charge on any atom is 0.193 e. The fraction of sp³-hybridized carbons (Fsp3) is 0.500. The van der Waals surface area contributed by atoms with E-state index >= 15 is 0 Å². The molecule has 2 heterocycles. The van der Waals surface area contributed by atoms with Crippen LogP contribution in [-0.4, -0.2) is 57.4 Å². The molecule has 2 aromatic rings. The number of aliphatic imine (C=N–C) groups is 1. The maximum absolute atomic E-state index is 13.5. The number of hydrogen-bond acceptors (Lipinski definition) is 3. The van der Waals surface area contributed by atoms with E-state index in [1.165, 1.54) is 11.1 Å². The number of likely N-dealkylation sites (tertiary alicyclic amines) is 1. The smallest absolute Gasteiger partial charge is 0.193 e. The van der Waals surface area contributed by atoms with Gasteiger partial charge in [-0.3, -0.25) is 4.99 Å². The second-order valence-corrected chi connectivity index (χ2v) is 8.90. The molecule has 33 heavy (non-hydrogen) atoms. The summed E-state index contributed by atoms with van der Waals surface area (Å²) < 4.78 is 25.1. The highest BCUT2D eigenvalue weighted by atomic mass is 127. The molecule has 2 aromatic carbocycles. The van der Waals surface area contributed by atoms with Crippen LogP contribution in [0.4, 0.5) is 4.39 Å². The van der Waals surface area contributed by atoms with Gasteiger partial charge in [-0.05, 0) is 42.5 Å². The Balaban J connectivity index is 0.00000306. The molecule has 0 aromatic heterocycles. The van der Waals surface area contributed by atoms with Gasteiger partial charge in [0.15, 0.2) is 5.96 Å². The minimum Gasteiger partial charge on any atom is -0.381 e. The van der Waals surface area contributed by atoms with Crippen LogP contribution in [0.1, 0.15) is 30.4 Å². The van der Waals surface area contributed by atoms with Gasteiger partial charge in [0.1, 0.15) is 5.82 Å². The number of guanidine groups is 1. The van der Waals surface area contributed by atoms with E-state index in [1.54, 1.807) is 12.1 Å². The van der Waals surface area contributed by atoms with Crippen LogP contribution in [0.15, 0.2) is 59.6 Å². The number of nitrogens with zero attached hydrogens (tertiary/aromatic N) is 2. The zero-order valence-corrected chi connectivity index (χ0v) is 21.7. The van der Waals surface area contributed by atoms with E-state index in [0.717, 1.165) is 64.7 Å². The van der Waals surface area contributed by atoms with E-state index in [9.17, 15) is 4.39 Å². The van der Waals surface area contributed by atoms with Crippen LogP contribution in [0, 0.1) is 11.7 Å². The Labute approximate surface area is 213 Å². The summed E-state index contributed by atoms with van der Waals surface area (Å²) in [5.41, 5.74) is 2.31. The number of ether oxygens (including phenoxy) is 2. The maximum atomic E-state index is 13.5. The summed E-state index contributed by atoms with van der Waals surface area (Å²) in [5.74, 6) is 1.24. The minimum absolute atomic E-state index is 0. The lowest BCUT2D eigenvalue weighted by Gasteiger charge is -2.39. The molecule has 0 amide bonds. The van der Waals surface area contributed by atoms with Crippen molar-refractivity contribution in [2.24, 2.45) is 10.9 Å². The van der Waals surface area contributed by atoms with Gasteiger partial charge in [0.05, 0.1) is 13.2 Å².